The Balaban J connectivity index is 1.60. The van der Waals surface area contributed by atoms with Crippen LogP contribution in [0.15, 0.2) is 42.6 Å². The molecule has 1 aromatic carbocycles. The maximum absolute atomic E-state index is 10.4. The second-order valence-corrected chi connectivity index (χ2v) is 8.18. The third kappa shape index (κ3) is 2.31. The first-order valence-electron chi connectivity index (χ1n) is 9.17. The first-order chi connectivity index (χ1) is 12.0. The molecule has 25 heavy (non-hydrogen) atoms. The van der Waals surface area contributed by atoms with Crippen molar-refractivity contribution < 1.29 is 5.11 Å². The summed E-state index contributed by atoms with van der Waals surface area (Å²) in [4.78, 5) is 0. The fourth-order valence-electron chi connectivity index (χ4n) is 3.98. The molecular formula is C21H23N3O. The lowest BCUT2D eigenvalue weighted by Crippen LogP contribution is -2.18. The van der Waals surface area contributed by atoms with Crippen LogP contribution in [0, 0.1) is 0 Å². The quantitative estimate of drug-likeness (QED) is 0.787. The topological polar surface area (TPSA) is 50.4 Å². The van der Waals surface area contributed by atoms with Crippen LogP contribution in [-0.4, -0.2) is 19.7 Å². The molecule has 4 nitrogen and oxygen atoms in total. The Bertz CT molecular complexity index is 941. The van der Waals surface area contributed by atoms with Crippen molar-refractivity contribution in [3.8, 4) is 0 Å². The summed E-state index contributed by atoms with van der Waals surface area (Å²) in [5, 5.41) is 19.4. The van der Waals surface area contributed by atoms with Gasteiger partial charge in [0.15, 0.2) is 5.65 Å². The van der Waals surface area contributed by atoms with Crippen LogP contribution in [0.25, 0.3) is 5.65 Å². The van der Waals surface area contributed by atoms with Gasteiger partial charge in [-0.15, -0.1) is 10.2 Å². The molecule has 2 aliphatic rings. The average Bonchev–Trinajstić information content (AvgIpc) is 3.51. The van der Waals surface area contributed by atoms with Gasteiger partial charge in [-0.05, 0) is 62.6 Å². The molecule has 3 aromatic rings. The monoisotopic (exact) mass is 333 g/mol. The number of aromatic nitrogens is 3. The van der Waals surface area contributed by atoms with Gasteiger partial charge < -0.3 is 5.11 Å². The van der Waals surface area contributed by atoms with E-state index < -0.39 is 5.60 Å². The van der Waals surface area contributed by atoms with Crippen molar-refractivity contribution in [2.75, 3.05) is 0 Å². The van der Waals surface area contributed by atoms with Gasteiger partial charge in [0.05, 0.1) is 11.0 Å². The molecule has 0 spiro atoms. The Morgan fingerprint density at radius 1 is 1.08 bits per heavy atom. The maximum atomic E-state index is 10.4. The van der Waals surface area contributed by atoms with Gasteiger partial charge in [0.2, 0.25) is 0 Å². The van der Waals surface area contributed by atoms with Gasteiger partial charge in [0.1, 0.15) is 5.82 Å². The van der Waals surface area contributed by atoms with E-state index in [1.807, 2.05) is 18.3 Å². The fourth-order valence-corrected chi connectivity index (χ4v) is 3.98. The van der Waals surface area contributed by atoms with E-state index in [1.165, 1.54) is 24.0 Å². The van der Waals surface area contributed by atoms with Gasteiger partial charge in [-0.2, -0.15) is 0 Å². The van der Waals surface area contributed by atoms with Gasteiger partial charge >= 0.3 is 0 Å². The number of rotatable bonds is 4. The van der Waals surface area contributed by atoms with Crippen molar-refractivity contribution in [3.63, 3.8) is 0 Å². The molecule has 0 bridgehead atoms. The first kappa shape index (κ1) is 15.1. The summed E-state index contributed by atoms with van der Waals surface area (Å²) in [6.07, 6.45) is 6.88. The van der Waals surface area contributed by atoms with Crippen LogP contribution >= 0.6 is 0 Å². The molecule has 2 aromatic heterocycles. The highest BCUT2D eigenvalue weighted by Gasteiger charge is 2.50. The third-order valence-electron chi connectivity index (χ3n) is 5.78. The van der Waals surface area contributed by atoms with Crippen molar-refractivity contribution >= 4 is 5.65 Å². The Labute approximate surface area is 147 Å². The number of aliphatic hydroxyl groups is 1. The molecule has 2 heterocycles. The lowest BCUT2D eigenvalue weighted by molar-refractivity contribution is 0.0796. The van der Waals surface area contributed by atoms with Gasteiger partial charge in [0, 0.05) is 11.8 Å². The first-order valence-corrected chi connectivity index (χ1v) is 9.17. The molecule has 1 N–H and O–H groups in total. The molecule has 4 heteroatoms. The van der Waals surface area contributed by atoms with E-state index in [-0.39, 0.29) is 5.41 Å². The summed E-state index contributed by atoms with van der Waals surface area (Å²) in [5.74, 6) is 1.78. The highest BCUT2D eigenvalue weighted by atomic mass is 16.3. The Hall–Kier alpha value is -2.20. The van der Waals surface area contributed by atoms with Crippen LogP contribution in [0.5, 0.6) is 0 Å². The predicted molar refractivity (Wildman–Crippen MR) is 96.7 cm³/mol. The smallest absolute Gasteiger partial charge is 0.166 e. The fraction of sp³-hybridized carbons (Fsp3) is 0.429. The van der Waals surface area contributed by atoms with Crippen LogP contribution in [0.2, 0.25) is 0 Å². The molecule has 0 unspecified atom stereocenters. The normalized spacial score (nSPS) is 19.3. The molecule has 5 rings (SSSR count). The molecule has 0 saturated heterocycles. The minimum atomic E-state index is -0.935. The summed E-state index contributed by atoms with van der Waals surface area (Å²) < 4.78 is 2.06. The second kappa shape index (κ2) is 4.92. The third-order valence-corrected chi connectivity index (χ3v) is 5.78. The van der Waals surface area contributed by atoms with Crippen molar-refractivity contribution in [2.45, 2.75) is 56.5 Å². The summed E-state index contributed by atoms with van der Waals surface area (Å²) in [5.41, 5.74) is 3.41. The van der Waals surface area contributed by atoms with E-state index in [0.717, 1.165) is 35.8 Å². The zero-order valence-corrected chi connectivity index (χ0v) is 14.7. The van der Waals surface area contributed by atoms with Crippen LogP contribution in [0.1, 0.15) is 68.0 Å². The summed E-state index contributed by atoms with van der Waals surface area (Å²) >= 11 is 0. The SMILES string of the molecule is CC(C)(O)c1cccn2c(C3(c4ccc(C5CC5)cc4)CC3)nnc12. The lowest BCUT2D eigenvalue weighted by Gasteiger charge is -2.19. The number of nitrogens with zero attached hydrogens (tertiary/aromatic N) is 3. The van der Waals surface area contributed by atoms with E-state index in [4.69, 9.17) is 0 Å². The largest absolute Gasteiger partial charge is 0.386 e. The Morgan fingerprint density at radius 3 is 2.40 bits per heavy atom. The van der Waals surface area contributed by atoms with Gasteiger partial charge in [-0.3, -0.25) is 4.40 Å². The Morgan fingerprint density at radius 2 is 1.80 bits per heavy atom. The number of benzene rings is 1. The minimum absolute atomic E-state index is 0.0281. The van der Waals surface area contributed by atoms with Crippen LogP contribution in [0.4, 0.5) is 0 Å². The highest BCUT2D eigenvalue weighted by Crippen LogP contribution is 2.53. The number of hydrogen-bond acceptors (Lipinski definition) is 3. The molecule has 2 saturated carbocycles. The molecule has 0 atom stereocenters. The highest BCUT2D eigenvalue weighted by molar-refractivity contribution is 5.53. The van der Waals surface area contributed by atoms with Gasteiger partial charge in [0.25, 0.3) is 0 Å². The van der Waals surface area contributed by atoms with Crippen molar-refractivity contribution in [2.24, 2.45) is 0 Å². The second-order valence-electron chi connectivity index (χ2n) is 8.18. The summed E-state index contributed by atoms with van der Waals surface area (Å²) in [6, 6.07) is 13.0. The van der Waals surface area contributed by atoms with E-state index in [1.54, 1.807) is 13.8 Å². The number of hydrogen-bond donors (Lipinski definition) is 1. The predicted octanol–water partition coefficient (Wildman–Crippen LogP) is 3.91. The molecule has 0 aliphatic heterocycles. The summed E-state index contributed by atoms with van der Waals surface area (Å²) in [6.45, 7) is 3.58. The van der Waals surface area contributed by atoms with Crippen LogP contribution in [-0.2, 0) is 11.0 Å². The molecule has 2 fully saturated rings. The van der Waals surface area contributed by atoms with E-state index in [9.17, 15) is 5.11 Å². The lowest BCUT2D eigenvalue weighted by atomic mass is 9.93. The molecular weight excluding hydrogens is 310 g/mol. The van der Waals surface area contributed by atoms with Gasteiger partial charge in [-0.25, -0.2) is 0 Å². The zero-order valence-electron chi connectivity index (χ0n) is 14.7. The average molecular weight is 333 g/mol. The van der Waals surface area contributed by atoms with Crippen molar-refractivity contribution in [1.29, 1.82) is 0 Å². The Kier molecular flexibility index (Phi) is 2.97. The maximum Gasteiger partial charge on any atom is 0.166 e. The molecule has 2 aliphatic carbocycles. The van der Waals surface area contributed by atoms with Crippen LogP contribution < -0.4 is 0 Å². The minimum Gasteiger partial charge on any atom is -0.386 e. The summed E-state index contributed by atoms with van der Waals surface area (Å²) in [7, 11) is 0. The van der Waals surface area contributed by atoms with E-state index in [0.29, 0.717) is 0 Å². The molecule has 0 radical (unpaired) electrons. The van der Waals surface area contributed by atoms with Gasteiger partial charge in [-0.1, -0.05) is 30.3 Å². The van der Waals surface area contributed by atoms with E-state index in [2.05, 4.69) is 38.9 Å². The van der Waals surface area contributed by atoms with Crippen LogP contribution in [0.3, 0.4) is 0 Å². The molecule has 0 amide bonds. The van der Waals surface area contributed by atoms with E-state index >= 15 is 0 Å². The van der Waals surface area contributed by atoms with Crippen molar-refractivity contribution in [1.82, 2.24) is 14.6 Å². The number of fused-ring (bicyclic) bond motifs is 1. The molecule has 128 valence electrons. The standard InChI is InChI=1S/C21H23N3O/c1-20(2,25)17-4-3-13-24-18(17)22-23-19(24)21(11-12-21)16-9-7-15(8-10-16)14-5-6-14/h3-4,7-10,13-14,25H,5-6,11-12H2,1-2H3. The van der Waals surface area contributed by atoms with Crippen molar-refractivity contribution in [3.05, 3.63) is 65.1 Å². The zero-order chi connectivity index (χ0) is 17.2. The number of pyridine rings is 1.